The fourth-order valence-corrected chi connectivity index (χ4v) is 6.65. The van der Waals surface area contributed by atoms with Crippen molar-refractivity contribution in [3.05, 3.63) is 0 Å². The molecule has 2 aliphatic heterocycles. The lowest BCUT2D eigenvalue weighted by molar-refractivity contribution is -0.134. The van der Waals surface area contributed by atoms with Crippen molar-refractivity contribution >= 4 is 27.5 Å². The van der Waals surface area contributed by atoms with E-state index in [1.165, 1.54) is 19.1 Å². The third-order valence-corrected chi connectivity index (χ3v) is 7.52. The minimum Gasteiger partial charge on any atom is -0.323 e. The normalized spacial score (nSPS) is 38.0. The van der Waals surface area contributed by atoms with E-state index < -0.39 is 15.2 Å². The van der Waals surface area contributed by atoms with Gasteiger partial charge in [-0.1, -0.05) is 6.42 Å². The lowest BCUT2D eigenvalue weighted by atomic mass is 9.93. The van der Waals surface area contributed by atoms with Crippen molar-refractivity contribution in [3.8, 4) is 0 Å². The van der Waals surface area contributed by atoms with Gasteiger partial charge in [-0.25, -0.2) is 8.42 Å². The smallest absolute Gasteiger partial charge is 0.241 e. The van der Waals surface area contributed by atoms with E-state index in [0.29, 0.717) is 24.1 Å². The molecule has 1 saturated carbocycles. The minimum absolute atomic E-state index is 0.00938. The third-order valence-electron chi connectivity index (χ3n) is 4.87. The van der Waals surface area contributed by atoms with Crippen molar-refractivity contribution < 1.29 is 13.2 Å². The van der Waals surface area contributed by atoms with Crippen LogP contribution in [-0.2, 0) is 14.6 Å². The fourth-order valence-electron chi connectivity index (χ4n) is 3.82. The molecule has 1 amide bonds. The lowest BCUT2D eigenvalue weighted by Crippen LogP contribution is -2.55. The standard InChI is InChI=1S/C13H22N2O3S2/c1-20(17,18)11-8-19-6-5-15(11)13(16)12-10-4-2-3-9(10)7-14-12/h9-12,14H,2-8H2,1H3. The molecule has 1 aliphatic carbocycles. The van der Waals surface area contributed by atoms with Gasteiger partial charge in [0.15, 0.2) is 9.84 Å². The van der Waals surface area contributed by atoms with E-state index in [1.54, 1.807) is 16.7 Å². The van der Waals surface area contributed by atoms with Crippen LogP contribution in [0.3, 0.4) is 0 Å². The van der Waals surface area contributed by atoms with Gasteiger partial charge in [0.2, 0.25) is 5.91 Å². The van der Waals surface area contributed by atoms with Crippen LogP contribution in [0.5, 0.6) is 0 Å². The summed E-state index contributed by atoms with van der Waals surface area (Å²) in [6.45, 7) is 1.46. The number of rotatable bonds is 2. The van der Waals surface area contributed by atoms with Crippen LogP contribution in [0, 0.1) is 11.8 Å². The third kappa shape index (κ3) is 2.60. The Morgan fingerprint density at radius 3 is 2.90 bits per heavy atom. The van der Waals surface area contributed by atoms with Crippen molar-refractivity contribution in [2.45, 2.75) is 30.7 Å². The number of hydrogen-bond donors (Lipinski definition) is 1. The van der Waals surface area contributed by atoms with E-state index in [1.807, 2.05) is 0 Å². The Bertz CT molecular complexity index is 494. The number of nitrogens with zero attached hydrogens (tertiary/aromatic N) is 1. The second kappa shape index (κ2) is 5.50. The first kappa shape index (κ1) is 14.7. The number of fused-ring (bicyclic) bond motifs is 1. The van der Waals surface area contributed by atoms with E-state index in [9.17, 15) is 13.2 Å². The van der Waals surface area contributed by atoms with E-state index in [2.05, 4.69) is 5.32 Å². The van der Waals surface area contributed by atoms with Gasteiger partial charge in [0.25, 0.3) is 0 Å². The molecular weight excluding hydrogens is 296 g/mol. The molecule has 7 heteroatoms. The van der Waals surface area contributed by atoms with Crippen molar-refractivity contribution in [1.29, 1.82) is 0 Å². The van der Waals surface area contributed by atoms with Gasteiger partial charge in [-0.15, -0.1) is 0 Å². The molecule has 0 aromatic heterocycles. The van der Waals surface area contributed by atoms with Crippen LogP contribution in [0.2, 0.25) is 0 Å². The van der Waals surface area contributed by atoms with Crippen molar-refractivity contribution in [1.82, 2.24) is 10.2 Å². The average molecular weight is 318 g/mol. The van der Waals surface area contributed by atoms with Crippen LogP contribution in [-0.4, -0.2) is 61.5 Å². The first-order valence-electron chi connectivity index (χ1n) is 7.29. The quantitative estimate of drug-likeness (QED) is 0.794. The fraction of sp³-hybridized carbons (Fsp3) is 0.923. The molecule has 1 N–H and O–H groups in total. The summed E-state index contributed by atoms with van der Waals surface area (Å²) < 4.78 is 23.8. The van der Waals surface area contributed by atoms with E-state index in [4.69, 9.17) is 0 Å². The molecule has 3 rings (SSSR count). The van der Waals surface area contributed by atoms with E-state index in [0.717, 1.165) is 18.7 Å². The largest absolute Gasteiger partial charge is 0.323 e. The Hall–Kier alpha value is -0.270. The highest BCUT2D eigenvalue weighted by atomic mass is 32.2. The van der Waals surface area contributed by atoms with Gasteiger partial charge in [-0.2, -0.15) is 11.8 Å². The zero-order valence-electron chi connectivity index (χ0n) is 11.7. The number of carbonyl (C=O) groups is 1. The zero-order chi connectivity index (χ0) is 14.3. The topological polar surface area (TPSA) is 66.5 Å². The molecule has 5 nitrogen and oxygen atoms in total. The lowest BCUT2D eigenvalue weighted by Gasteiger charge is -2.36. The van der Waals surface area contributed by atoms with E-state index >= 15 is 0 Å². The van der Waals surface area contributed by atoms with Gasteiger partial charge >= 0.3 is 0 Å². The first-order chi connectivity index (χ1) is 9.48. The molecule has 3 aliphatic rings. The average Bonchev–Trinajstić information content (AvgIpc) is 2.99. The molecule has 0 radical (unpaired) electrons. The summed E-state index contributed by atoms with van der Waals surface area (Å²) >= 11 is 1.62. The van der Waals surface area contributed by atoms with Crippen LogP contribution >= 0.6 is 11.8 Å². The second-order valence-electron chi connectivity index (χ2n) is 6.13. The van der Waals surface area contributed by atoms with Crippen LogP contribution in [0.4, 0.5) is 0 Å². The predicted molar refractivity (Wildman–Crippen MR) is 80.3 cm³/mol. The number of hydrogen-bond acceptors (Lipinski definition) is 5. The summed E-state index contributed by atoms with van der Waals surface area (Å²) in [5.74, 6) is 2.37. The molecule has 2 saturated heterocycles. The molecule has 20 heavy (non-hydrogen) atoms. The van der Waals surface area contributed by atoms with Crippen LogP contribution in [0.25, 0.3) is 0 Å². The number of carbonyl (C=O) groups excluding carboxylic acids is 1. The Labute approximate surface area is 124 Å². The summed E-state index contributed by atoms with van der Waals surface area (Å²) in [5.41, 5.74) is 0. The van der Waals surface area contributed by atoms with Crippen LogP contribution < -0.4 is 5.32 Å². The number of thioether (sulfide) groups is 1. The van der Waals surface area contributed by atoms with Gasteiger partial charge in [-0.05, 0) is 31.2 Å². The Kier molecular flexibility index (Phi) is 4.03. The summed E-state index contributed by atoms with van der Waals surface area (Å²) in [7, 11) is -3.22. The molecule has 4 unspecified atom stereocenters. The monoisotopic (exact) mass is 318 g/mol. The summed E-state index contributed by atoms with van der Waals surface area (Å²) in [6, 6.07) is -0.158. The van der Waals surface area contributed by atoms with Crippen molar-refractivity contribution in [2.75, 3.05) is 30.9 Å². The summed E-state index contributed by atoms with van der Waals surface area (Å²) in [6.07, 6.45) is 4.74. The molecule has 2 heterocycles. The molecule has 0 aromatic carbocycles. The maximum atomic E-state index is 12.8. The molecule has 0 spiro atoms. The molecule has 4 atom stereocenters. The number of nitrogens with one attached hydrogen (secondary N) is 1. The molecule has 114 valence electrons. The van der Waals surface area contributed by atoms with Gasteiger partial charge in [0.1, 0.15) is 5.37 Å². The summed E-state index contributed by atoms with van der Waals surface area (Å²) in [5, 5.41) is 2.69. The number of amides is 1. The Morgan fingerprint density at radius 1 is 1.35 bits per heavy atom. The molecule has 0 bridgehead atoms. The highest BCUT2D eigenvalue weighted by molar-refractivity contribution is 8.00. The minimum atomic E-state index is -3.22. The SMILES string of the molecule is CS(=O)(=O)C1CSCCN1C(=O)C1NCC2CCCC21. The van der Waals surface area contributed by atoms with Gasteiger partial charge in [-0.3, -0.25) is 4.79 Å². The maximum Gasteiger partial charge on any atom is 0.241 e. The highest BCUT2D eigenvalue weighted by Crippen LogP contribution is 2.38. The maximum absolute atomic E-state index is 12.8. The van der Waals surface area contributed by atoms with Crippen molar-refractivity contribution in [2.24, 2.45) is 11.8 Å². The van der Waals surface area contributed by atoms with Gasteiger partial charge in [0.05, 0.1) is 6.04 Å². The Balaban J connectivity index is 1.78. The van der Waals surface area contributed by atoms with Gasteiger partial charge in [0, 0.05) is 24.3 Å². The Morgan fingerprint density at radius 2 is 2.15 bits per heavy atom. The van der Waals surface area contributed by atoms with E-state index in [-0.39, 0.29) is 11.9 Å². The molecule has 3 fully saturated rings. The second-order valence-corrected chi connectivity index (χ2v) is 9.48. The molecule has 0 aromatic rings. The zero-order valence-corrected chi connectivity index (χ0v) is 13.4. The predicted octanol–water partition coefficient (Wildman–Crippen LogP) is 0.321. The first-order valence-corrected chi connectivity index (χ1v) is 10.4. The van der Waals surface area contributed by atoms with Crippen LogP contribution in [0.15, 0.2) is 0 Å². The molecular formula is C13H22N2O3S2. The number of sulfone groups is 1. The van der Waals surface area contributed by atoms with Crippen molar-refractivity contribution in [3.63, 3.8) is 0 Å². The van der Waals surface area contributed by atoms with Gasteiger partial charge < -0.3 is 10.2 Å². The highest BCUT2D eigenvalue weighted by Gasteiger charge is 2.46. The van der Waals surface area contributed by atoms with Crippen LogP contribution in [0.1, 0.15) is 19.3 Å². The summed E-state index contributed by atoms with van der Waals surface area (Å²) in [4.78, 5) is 14.4.